The summed E-state index contributed by atoms with van der Waals surface area (Å²) >= 11 is 1.60. The zero-order valence-electron chi connectivity index (χ0n) is 10.1. The SMILES string of the molecule is COc1ccccc1CNC(=N)Nc1ccsc1. The van der Waals surface area contributed by atoms with Crippen molar-refractivity contribution in [3.8, 4) is 5.75 Å². The van der Waals surface area contributed by atoms with Crippen LogP contribution in [0.15, 0.2) is 41.1 Å². The molecule has 0 bridgehead atoms. The van der Waals surface area contributed by atoms with Crippen LogP contribution in [0.2, 0.25) is 0 Å². The van der Waals surface area contributed by atoms with Crippen molar-refractivity contribution in [2.24, 2.45) is 0 Å². The van der Waals surface area contributed by atoms with E-state index in [0.29, 0.717) is 6.54 Å². The Bertz CT molecular complexity index is 511. The molecule has 1 heterocycles. The molecular formula is C13H15N3OS. The number of methoxy groups -OCH3 is 1. The van der Waals surface area contributed by atoms with Gasteiger partial charge in [0.1, 0.15) is 5.75 Å². The monoisotopic (exact) mass is 261 g/mol. The van der Waals surface area contributed by atoms with E-state index in [2.05, 4.69) is 10.6 Å². The van der Waals surface area contributed by atoms with Crippen LogP contribution in [0, 0.1) is 5.41 Å². The van der Waals surface area contributed by atoms with Crippen LogP contribution in [0.25, 0.3) is 0 Å². The van der Waals surface area contributed by atoms with E-state index in [1.54, 1.807) is 18.4 Å². The van der Waals surface area contributed by atoms with Crippen LogP contribution in [-0.4, -0.2) is 13.1 Å². The number of nitrogens with one attached hydrogen (secondary N) is 3. The van der Waals surface area contributed by atoms with Gasteiger partial charge in [-0.25, -0.2) is 0 Å². The van der Waals surface area contributed by atoms with E-state index in [9.17, 15) is 0 Å². The van der Waals surface area contributed by atoms with Crippen LogP contribution < -0.4 is 15.4 Å². The van der Waals surface area contributed by atoms with Gasteiger partial charge in [-0.3, -0.25) is 5.41 Å². The summed E-state index contributed by atoms with van der Waals surface area (Å²) in [4.78, 5) is 0. The summed E-state index contributed by atoms with van der Waals surface area (Å²) in [5.74, 6) is 1.10. The van der Waals surface area contributed by atoms with Crippen molar-refractivity contribution >= 4 is 23.0 Å². The number of hydrogen-bond acceptors (Lipinski definition) is 3. The van der Waals surface area contributed by atoms with Gasteiger partial charge in [-0.05, 0) is 17.5 Å². The summed E-state index contributed by atoms with van der Waals surface area (Å²) in [6.07, 6.45) is 0. The number of rotatable bonds is 4. The Labute approximate surface area is 110 Å². The molecule has 0 radical (unpaired) electrons. The molecule has 0 saturated carbocycles. The Morgan fingerprint density at radius 1 is 1.33 bits per heavy atom. The summed E-state index contributed by atoms with van der Waals surface area (Å²) in [5, 5.41) is 17.7. The second kappa shape index (κ2) is 6.07. The van der Waals surface area contributed by atoms with Crippen LogP contribution >= 0.6 is 11.3 Å². The van der Waals surface area contributed by atoms with Gasteiger partial charge in [0.2, 0.25) is 0 Å². The summed E-state index contributed by atoms with van der Waals surface area (Å²) < 4.78 is 5.25. The first-order valence-electron chi connectivity index (χ1n) is 5.53. The molecule has 2 rings (SSSR count). The third-order valence-corrected chi connectivity index (χ3v) is 3.12. The van der Waals surface area contributed by atoms with Gasteiger partial charge in [-0.2, -0.15) is 11.3 Å². The topological polar surface area (TPSA) is 57.1 Å². The van der Waals surface area contributed by atoms with E-state index >= 15 is 0 Å². The number of ether oxygens (including phenoxy) is 1. The van der Waals surface area contributed by atoms with Gasteiger partial charge in [-0.1, -0.05) is 18.2 Å². The third-order valence-electron chi connectivity index (χ3n) is 2.44. The molecule has 0 aliphatic heterocycles. The Morgan fingerprint density at radius 2 is 2.17 bits per heavy atom. The molecule has 0 amide bonds. The smallest absolute Gasteiger partial charge is 0.193 e. The molecule has 0 fully saturated rings. The van der Waals surface area contributed by atoms with Crippen LogP contribution in [0.4, 0.5) is 5.69 Å². The first kappa shape index (κ1) is 12.4. The molecule has 0 unspecified atom stereocenters. The van der Waals surface area contributed by atoms with Gasteiger partial charge >= 0.3 is 0 Å². The fourth-order valence-corrected chi connectivity index (χ4v) is 2.14. The molecule has 0 aliphatic rings. The Morgan fingerprint density at radius 3 is 2.89 bits per heavy atom. The molecule has 4 nitrogen and oxygen atoms in total. The molecule has 0 spiro atoms. The molecule has 0 aliphatic carbocycles. The normalized spacial score (nSPS) is 9.83. The lowest BCUT2D eigenvalue weighted by Crippen LogP contribution is -2.28. The predicted molar refractivity (Wildman–Crippen MR) is 75.5 cm³/mol. The Balaban J connectivity index is 1.89. The maximum Gasteiger partial charge on any atom is 0.193 e. The van der Waals surface area contributed by atoms with E-state index in [4.69, 9.17) is 10.1 Å². The lowest BCUT2D eigenvalue weighted by Gasteiger charge is -2.11. The quantitative estimate of drug-likeness (QED) is 0.586. The first-order chi connectivity index (χ1) is 8.79. The molecule has 2 aromatic rings. The highest BCUT2D eigenvalue weighted by molar-refractivity contribution is 7.08. The van der Waals surface area contributed by atoms with Gasteiger partial charge in [0.05, 0.1) is 12.8 Å². The Hall–Kier alpha value is -2.01. The van der Waals surface area contributed by atoms with Crippen molar-refractivity contribution in [1.82, 2.24) is 5.32 Å². The molecule has 1 aromatic carbocycles. The third kappa shape index (κ3) is 3.24. The van der Waals surface area contributed by atoms with Crippen molar-refractivity contribution < 1.29 is 4.74 Å². The van der Waals surface area contributed by atoms with Gasteiger partial charge in [-0.15, -0.1) is 0 Å². The number of thiophene rings is 1. The summed E-state index contributed by atoms with van der Waals surface area (Å²) in [6.45, 7) is 0.556. The average molecular weight is 261 g/mol. The van der Waals surface area contributed by atoms with Crippen molar-refractivity contribution in [3.63, 3.8) is 0 Å². The van der Waals surface area contributed by atoms with E-state index in [1.807, 2.05) is 41.1 Å². The molecule has 94 valence electrons. The number of anilines is 1. The lowest BCUT2D eigenvalue weighted by molar-refractivity contribution is 0.409. The van der Waals surface area contributed by atoms with Gasteiger partial charge < -0.3 is 15.4 Å². The zero-order valence-corrected chi connectivity index (χ0v) is 10.9. The maximum absolute atomic E-state index is 7.78. The van der Waals surface area contributed by atoms with Gasteiger partial charge in [0.15, 0.2) is 5.96 Å². The lowest BCUT2D eigenvalue weighted by atomic mass is 10.2. The summed E-state index contributed by atoms with van der Waals surface area (Å²) in [5.41, 5.74) is 1.95. The Kier molecular flexibility index (Phi) is 4.20. The van der Waals surface area contributed by atoms with Crippen LogP contribution in [0.3, 0.4) is 0 Å². The first-order valence-corrected chi connectivity index (χ1v) is 6.47. The predicted octanol–water partition coefficient (Wildman–Crippen LogP) is 2.89. The van der Waals surface area contributed by atoms with E-state index in [0.717, 1.165) is 17.0 Å². The average Bonchev–Trinajstić information content (AvgIpc) is 2.89. The maximum atomic E-state index is 7.78. The van der Waals surface area contributed by atoms with Gasteiger partial charge in [0.25, 0.3) is 0 Å². The fraction of sp³-hybridized carbons (Fsp3) is 0.154. The second-order valence-corrected chi connectivity index (χ2v) is 4.46. The van der Waals surface area contributed by atoms with E-state index < -0.39 is 0 Å². The molecule has 18 heavy (non-hydrogen) atoms. The van der Waals surface area contributed by atoms with Gasteiger partial charge in [0, 0.05) is 17.5 Å². The minimum absolute atomic E-state index is 0.277. The van der Waals surface area contributed by atoms with Crippen LogP contribution in [0.5, 0.6) is 5.75 Å². The number of hydrogen-bond donors (Lipinski definition) is 3. The van der Waals surface area contributed by atoms with Crippen molar-refractivity contribution in [2.75, 3.05) is 12.4 Å². The number of benzene rings is 1. The second-order valence-electron chi connectivity index (χ2n) is 3.68. The highest BCUT2D eigenvalue weighted by Crippen LogP contribution is 2.16. The summed E-state index contributed by atoms with van der Waals surface area (Å²) in [7, 11) is 1.65. The minimum atomic E-state index is 0.277. The van der Waals surface area contributed by atoms with Crippen molar-refractivity contribution in [1.29, 1.82) is 5.41 Å². The van der Waals surface area contributed by atoms with E-state index in [-0.39, 0.29) is 5.96 Å². The van der Waals surface area contributed by atoms with Crippen molar-refractivity contribution in [2.45, 2.75) is 6.54 Å². The largest absolute Gasteiger partial charge is 0.496 e. The molecular weight excluding hydrogens is 246 g/mol. The number of para-hydroxylation sites is 1. The molecule has 1 aromatic heterocycles. The zero-order chi connectivity index (χ0) is 12.8. The molecule has 0 saturated heterocycles. The number of guanidine groups is 1. The van der Waals surface area contributed by atoms with Crippen LogP contribution in [-0.2, 0) is 6.54 Å². The molecule has 5 heteroatoms. The molecule has 0 atom stereocenters. The fourth-order valence-electron chi connectivity index (χ4n) is 1.56. The van der Waals surface area contributed by atoms with E-state index in [1.165, 1.54) is 0 Å². The standard InChI is InChI=1S/C13H15N3OS/c1-17-12-5-3-2-4-10(12)8-15-13(14)16-11-6-7-18-9-11/h2-7,9H,8H2,1H3,(H3,14,15,16). The molecule has 3 N–H and O–H groups in total. The summed E-state index contributed by atoms with van der Waals surface area (Å²) in [6, 6.07) is 9.70. The van der Waals surface area contributed by atoms with Crippen molar-refractivity contribution in [3.05, 3.63) is 46.7 Å². The highest BCUT2D eigenvalue weighted by atomic mass is 32.1. The van der Waals surface area contributed by atoms with Crippen LogP contribution in [0.1, 0.15) is 5.56 Å². The highest BCUT2D eigenvalue weighted by Gasteiger charge is 2.02. The minimum Gasteiger partial charge on any atom is -0.496 e.